The Kier molecular flexibility index (Phi) is 2.74. The summed E-state index contributed by atoms with van der Waals surface area (Å²) in [5.74, 6) is 1.27. The Balaban J connectivity index is 2.46. The van der Waals surface area contributed by atoms with Gasteiger partial charge in [-0.1, -0.05) is 6.92 Å². The van der Waals surface area contributed by atoms with Crippen molar-refractivity contribution in [3.63, 3.8) is 0 Å². The lowest BCUT2D eigenvalue weighted by atomic mass is 10.5. The third kappa shape index (κ3) is 1.85. The molecule has 0 aliphatic carbocycles. The van der Waals surface area contributed by atoms with Crippen LogP contribution in [0.15, 0.2) is 0 Å². The highest BCUT2D eigenvalue weighted by atomic mass is 15.4. The average Bonchev–Trinajstić information content (AvgIpc) is 2.29. The molecule has 1 rings (SSSR count). The fraction of sp³-hybridized carbons (Fsp3) is 0.875. The molecule has 0 amide bonds. The maximum atomic E-state index is 3.40. The van der Waals surface area contributed by atoms with Gasteiger partial charge in [0, 0.05) is 0 Å². The van der Waals surface area contributed by atoms with Gasteiger partial charge in [-0.05, 0) is 6.42 Å². The third-order valence-electron chi connectivity index (χ3n) is 2.03. The zero-order valence-electron chi connectivity index (χ0n) is 7.72. The molecule has 11 heavy (non-hydrogen) atoms. The number of hydrogen-bond acceptors (Lipinski definition) is 2. The van der Waals surface area contributed by atoms with Gasteiger partial charge in [0.25, 0.3) is 0 Å². The van der Waals surface area contributed by atoms with E-state index in [0.29, 0.717) is 0 Å². The lowest BCUT2D eigenvalue weighted by Crippen LogP contribution is -2.38. The summed E-state index contributed by atoms with van der Waals surface area (Å²) in [4.78, 5) is 2.26. The minimum atomic E-state index is 1.07. The molecule has 0 radical (unpaired) electrons. The Bertz CT molecular complexity index is 163. The monoisotopic (exact) mass is 156 g/mol. The first-order valence-corrected chi connectivity index (χ1v) is 4.28. The van der Waals surface area contributed by atoms with Gasteiger partial charge in [0.05, 0.1) is 33.7 Å². The van der Waals surface area contributed by atoms with Gasteiger partial charge in [0.15, 0.2) is 0 Å². The smallest absolute Gasteiger partial charge is 0.278 e. The van der Waals surface area contributed by atoms with E-state index in [-0.39, 0.29) is 0 Å². The topological polar surface area (TPSA) is 18.3 Å². The predicted molar refractivity (Wildman–Crippen MR) is 47.0 cm³/mol. The largest absolute Gasteiger partial charge is 0.347 e. The van der Waals surface area contributed by atoms with Gasteiger partial charge >= 0.3 is 5.96 Å². The number of likely N-dealkylation sites (N-methyl/N-ethyl adjacent to an activating group) is 2. The minimum Gasteiger partial charge on any atom is -0.278 e. The van der Waals surface area contributed by atoms with Crippen LogP contribution in [0.5, 0.6) is 0 Å². The second-order valence-electron chi connectivity index (χ2n) is 3.09. The second-order valence-corrected chi connectivity index (χ2v) is 3.09. The molecular formula is C8H18N3+. The summed E-state index contributed by atoms with van der Waals surface area (Å²) in [6.07, 6.45) is 1.19. The van der Waals surface area contributed by atoms with Crippen molar-refractivity contribution in [3.05, 3.63) is 0 Å². The molecule has 0 bridgehead atoms. The van der Waals surface area contributed by atoms with Crippen LogP contribution in [0, 0.1) is 0 Å². The van der Waals surface area contributed by atoms with Crippen LogP contribution in [-0.2, 0) is 0 Å². The molecule has 3 heteroatoms. The van der Waals surface area contributed by atoms with Crippen LogP contribution in [0.2, 0.25) is 0 Å². The Morgan fingerprint density at radius 3 is 2.82 bits per heavy atom. The van der Waals surface area contributed by atoms with Gasteiger partial charge in [-0.25, -0.2) is 0 Å². The standard InChI is InChI=1S/C8H17N3/c1-4-5-9-8-10(2)6-7-11(8)3/h4-7H2,1-3H3/p+1. The average molecular weight is 156 g/mol. The normalized spacial score (nSPS) is 17.9. The Hall–Kier alpha value is -0.730. The summed E-state index contributed by atoms with van der Waals surface area (Å²) in [6.45, 7) is 5.54. The van der Waals surface area contributed by atoms with Crippen molar-refractivity contribution in [2.75, 3.05) is 33.7 Å². The number of nitrogens with one attached hydrogen (secondary N) is 1. The summed E-state index contributed by atoms with van der Waals surface area (Å²) in [7, 11) is 4.25. The van der Waals surface area contributed by atoms with Crippen molar-refractivity contribution in [2.45, 2.75) is 13.3 Å². The van der Waals surface area contributed by atoms with Crippen LogP contribution in [0.25, 0.3) is 0 Å². The molecule has 1 aliphatic heterocycles. The van der Waals surface area contributed by atoms with E-state index in [1.165, 1.54) is 12.4 Å². The zero-order valence-corrected chi connectivity index (χ0v) is 7.72. The van der Waals surface area contributed by atoms with Crippen LogP contribution < -0.4 is 5.32 Å². The van der Waals surface area contributed by atoms with Gasteiger partial charge in [-0.3, -0.25) is 14.8 Å². The molecule has 0 saturated heterocycles. The molecule has 0 aromatic carbocycles. The predicted octanol–water partition coefficient (Wildman–Crippen LogP) is -0.0703. The van der Waals surface area contributed by atoms with Gasteiger partial charge in [-0.2, -0.15) is 0 Å². The SMILES string of the molecule is CCCNC1=[N+](C)CCN1C. The third-order valence-corrected chi connectivity index (χ3v) is 2.03. The van der Waals surface area contributed by atoms with E-state index in [1.807, 2.05) is 0 Å². The van der Waals surface area contributed by atoms with Crippen LogP contribution in [0.3, 0.4) is 0 Å². The van der Waals surface area contributed by atoms with E-state index in [0.717, 1.165) is 19.6 Å². The fourth-order valence-corrected chi connectivity index (χ4v) is 1.31. The lowest BCUT2D eigenvalue weighted by molar-refractivity contribution is -0.488. The van der Waals surface area contributed by atoms with E-state index in [4.69, 9.17) is 0 Å². The molecule has 64 valence electrons. The first-order chi connectivity index (χ1) is 5.25. The van der Waals surface area contributed by atoms with Crippen LogP contribution >= 0.6 is 0 Å². The van der Waals surface area contributed by atoms with Crippen LogP contribution in [0.1, 0.15) is 13.3 Å². The van der Waals surface area contributed by atoms with Crippen molar-refractivity contribution in [2.24, 2.45) is 0 Å². The van der Waals surface area contributed by atoms with Gasteiger partial charge < -0.3 is 0 Å². The molecule has 0 aromatic heterocycles. The maximum Gasteiger partial charge on any atom is 0.347 e. The fourth-order valence-electron chi connectivity index (χ4n) is 1.31. The van der Waals surface area contributed by atoms with Gasteiger partial charge in [0.1, 0.15) is 0 Å². The van der Waals surface area contributed by atoms with Gasteiger partial charge in [0.2, 0.25) is 0 Å². The molecule has 0 aromatic rings. The molecule has 3 nitrogen and oxygen atoms in total. The molecule has 0 unspecified atom stereocenters. The Morgan fingerprint density at radius 1 is 1.64 bits per heavy atom. The molecule has 1 aliphatic rings. The zero-order chi connectivity index (χ0) is 8.27. The molecule has 0 fully saturated rings. The maximum absolute atomic E-state index is 3.40. The van der Waals surface area contributed by atoms with E-state index in [2.05, 4.69) is 35.8 Å². The van der Waals surface area contributed by atoms with Crippen molar-refractivity contribution >= 4 is 5.96 Å². The number of guanidine groups is 1. The van der Waals surface area contributed by atoms with Crippen molar-refractivity contribution in [1.82, 2.24) is 10.2 Å². The summed E-state index contributed by atoms with van der Waals surface area (Å²) in [5.41, 5.74) is 0. The van der Waals surface area contributed by atoms with E-state index in [1.54, 1.807) is 0 Å². The quantitative estimate of drug-likeness (QED) is 0.564. The Morgan fingerprint density at radius 2 is 2.36 bits per heavy atom. The van der Waals surface area contributed by atoms with E-state index < -0.39 is 0 Å². The van der Waals surface area contributed by atoms with E-state index in [9.17, 15) is 0 Å². The van der Waals surface area contributed by atoms with E-state index >= 15 is 0 Å². The summed E-state index contributed by atoms with van der Waals surface area (Å²) < 4.78 is 2.26. The first kappa shape index (κ1) is 8.37. The number of hydrogen-bond donors (Lipinski definition) is 1. The highest BCUT2D eigenvalue weighted by Gasteiger charge is 2.22. The summed E-state index contributed by atoms with van der Waals surface area (Å²) in [6, 6.07) is 0. The van der Waals surface area contributed by atoms with Crippen molar-refractivity contribution in [1.29, 1.82) is 0 Å². The minimum absolute atomic E-state index is 1.07. The molecule has 0 spiro atoms. The van der Waals surface area contributed by atoms with Crippen LogP contribution in [-0.4, -0.2) is 49.2 Å². The molecule has 0 atom stereocenters. The molecule has 1 heterocycles. The highest BCUT2D eigenvalue weighted by Crippen LogP contribution is 1.93. The highest BCUT2D eigenvalue weighted by molar-refractivity contribution is 5.75. The number of rotatable bonds is 2. The second kappa shape index (κ2) is 3.60. The lowest BCUT2D eigenvalue weighted by Gasteiger charge is -2.07. The molecule has 1 N–H and O–H groups in total. The summed E-state index contributed by atoms with van der Waals surface area (Å²) >= 11 is 0. The molecular weight excluding hydrogens is 138 g/mol. The first-order valence-electron chi connectivity index (χ1n) is 4.28. The Labute approximate surface area is 68.7 Å². The van der Waals surface area contributed by atoms with Crippen molar-refractivity contribution < 1.29 is 4.58 Å². The van der Waals surface area contributed by atoms with Crippen molar-refractivity contribution in [3.8, 4) is 0 Å². The molecule has 0 saturated carbocycles. The summed E-state index contributed by atoms with van der Waals surface area (Å²) in [5, 5.41) is 3.40. The number of nitrogens with zero attached hydrogens (tertiary/aromatic N) is 2. The van der Waals surface area contributed by atoms with Gasteiger partial charge in [-0.15, -0.1) is 0 Å². The van der Waals surface area contributed by atoms with Crippen LogP contribution in [0.4, 0.5) is 0 Å².